The number of anilines is 1. The van der Waals surface area contributed by atoms with Crippen molar-refractivity contribution in [3.05, 3.63) is 78.5 Å². The van der Waals surface area contributed by atoms with Crippen molar-refractivity contribution in [2.24, 2.45) is 0 Å². The molecule has 3 aromatic heterocycles. The molecule has 3 heterocycles. The topological polar surface area (TPSA) is 70.7 Å². The summed E-state index contributed by atoms with van der Waals surface area (Å²) in [6.45, 7) is 0. The van der Waals surface area contributed by atoms with Crippen LogP contribution < -0.4 is 5.32 Å². The molecule has 2 N–H and O–H groups in total. The number of carbonyl (C=O) groups excluding carboxylic acids is 1. The van der Waals surface area contributed by atoms with Crippen LogP contribution in [0.15, 0.2) is 67.1 Å². The Morgan fingerprint density at radius 2 is 2.04 bits per heavy atom. The number of carbonyl (C=O) groups is 1. The Balaban J connectivity index is 1.54. The van der Waals surface area contributed by atoms with Gasteiger partial charge in [-0.25, -0.2) is 4.39 Å². The normalized spacial score (nSPS) is 10.9. The third-order valence-electron chi connectivity index (χ3n) is 4.57. The lowest BCUT2D eigenvalue weighted by atomic mass is 10.0. The van der Waals surface area contributed by atoms with E-state index in [0.717, 1.165) is 27.9 Å². The van der Waals surface area contributed by atoms with Gasteiger partial charge in [0.25, 0.3) is 0 Å². The summed E-state index contributed by atoms with van der Waals surface area (Å²) in [5.74, 6) is -0.354. The summed E-state index contributed by atoms with van der Waals surface area (Å²) in [6, 6.07) is 14.0. The molecule has 4 aromatic rings. The Morgan fingerprint density at radius 3 is 2.82 bits per heavy atom. The molecule has 0 fully saturated rings. The Morgan fingerprint density at radius 1 is 1.11 bits per heavy atom. The van der Waals surface area contributed by atoms with Gasteiger partial charge in [0.1, 0.15) is 5.82 Å². The van der Waals surface area contributed by atoms with Gasteiger partial charge in [-0.2, -0.15) is 0 Å². The molecule has 140 valence electrons. The van der Waals surface area contributed by atoms with E-state index < -0.39 is 0 Å². The number of hydrogen-bond acceptors (Lipinski definition) is 3. The van der Waals surface area contributed by atoms with Crippen molar-refractivity contribution >= 4 is 22.5 Å². The summed E-state index contributed by atoms with van der Waals surface area (Å²) in [6.07, 6.45) is 6.63. The highest BCUT2D eigenvalue weighted by Crippen LogP contribution is 2.31. The molecule has 0 bridgehead atoms. The van der Waals surface area contributed by atoms with Crippen molar-refractivity contribution in [1.29, 1.82) is 0 Å². The van der Waals surface area contributed by atoms with Crippen LogP contribution in [0.2, 0.25) is 0 Å². The number of hydrogen-bond donors (Lipinski definition) is 2. The molecule has 0 spiro atoms. The predicted octanol–water partition coefficient (Wildman–Crippen LogP) is 4.73. The second kappa shape index (κ2) is 8.00. The molecule has 1 aromatic carbocycles. The average Bonchev–Trinajstić information content (AvgIpc) is 3.07. The minimum atomic E-state index is -0.283. The van der Waals surface area contributed by atoms with Gasteiger partial charge in [-0.05, 0) is 60.9 Å². The van der Waals surface area contributed by atoms with Gasteiger partial charge in [0.05, 0.1) is 23.3 Å². The predicted molar refractivity (Wildman–Crippen MR) is 107 cm³/mol. The lowest BCUT2D eigenvalue weighted by molar-refractivity contribution is -0.116. The highest BCUT2D eigenvalue weighted by Gasteiger charge is 2.15. The van der Waals surface area contributed by atoms with Gasteiger partial charge in [-0.3, -0.25) is 14.8 Å². The lowest BCUT2D eigenvalue weighted by Gasteiger charge is -2.06. The summed E-state index contributed by atoms with van der Waals surface area (Å²) in [5, 5.41) is 3.66. The number of nitrogens with zero attached hydrogens (tertiary/aromatic N) is 2. The molecule has 0 aliphatic carbocycles. The summed E-state index contributed by atoms with van der Waals surface area (Å²) < 4.78 is 13.8. The fraction of sp³-hybridized carbons (Fsp3) is 0.136. The largest absolute Gasteiger partial charge is 0.353 e. The third kappa shape index (κ3) is 3.91. The van der Waals surface area contributed by atoms with Crippen LogP contribution in [0.1, 0.15) is 18.4 Å². The van der Waals surface area contributed by atoms with E-state index in [2.05, 4.69) is 20.3 Å². The van der Waals surface area contributed by atoms with Crippen LogP contribution >= 0.6 is 0 Å². The first-order valence-electron chi connectivity index (χ1n) is 9.12. The highest BCUT2D eigenvalue weighted by molar-refractivity contribution is 5.91. The summed E-state index contributed by atoms with van der Waals surface area (Å²) >= 11 is 0. The molecule has 0 saturated carbocycles. The zero-order valence-corrected chi connectivity index (χ0v) is 15.2. The van der Waals surface area contributed by atoms with Gasteiger partial charge in [0, 0.05) is 29.7 Å². The summed E-state index contributed by atoms with van der Waals surface area (Å²) in [7, 11) is 0. The van der Waals surface area contributed by atoms with E-state index >= 15 is 0 Å². The van der Waals surface area contributed by atoms with E-state index in [-0.39, 0.29) is 11.7 Å². The SMILES string of the molecule is O=C(CCCc1c(-c2ccccn2)[nH]c2ccc(F)cc12)Nc1cccnc1. The maximum atomic E-state index is 13.8. The Labute approximate surface area is 161 Å². The van der Waals surface area contributed by atoms with Gasteiger partial charge >= 0.3 is 0 Å². The molecule has 6 heteroatoms. The van der Waals surface area contributed by atoms with Gasteiger partial charge in [0.2, 0.25) is 5.91 Å². The van der Waals surface area contributed by atoms with Crippen LogP contribution in [0, 0.1) is 5.82 Å². The molecule has 4 rings (SSSR count). The highest BCUT2D eigenvalue weighted by atomic mass is 19.1. The van der Waals surface area contributed by atoms with Crippen LogP contribution in [0.3, 0.4) is 0 Å². The molecule has 0 aliphatic heterocycles. The summed E-state index contributed by atoms with van der Waals surface area (Å²) in [4.78, 5) is 23.9. The van der Waals surface area contributed by atoms with E-state index in [1.165, 1.54) is 12.1 Å². The zero-order valence-electron chi connectivity index (χ0n) is 15.2. The molecular weight excluding hydrogens is 355 g/mol. The molecule has 28 heavy (non-hydrogen) atoms. The van der Waals surface area contributed by atoms with E-state index in [1.807, 2.05) is 18.2 Å². The number of pyridine rings is 2. The van der Waals surface area contributed by atoms with Gasteiger partial charge in [0.15, 0.2) is 0 Å². The van der Waals surface area contributed by atoms with Crippen molar-refractivity contribution in [2.45, 2.75) is 19.3 Å². The number of aryl methyl sites for hydroxylation is 1. The second-order valence-electron chi connectivity index (χ2n) is 6.53. The Bertz CT molecular complexity index is 1090. The minimum Gasteiger partial charge on any atom is -0.353 e. The molecule has 0 radical (unpaired) electrons. The maximum absolute atomic E-state index is 13.8. The van der Waals surface area contributed by atoms with Gasteiger partial charge < -0.3 is 10.3 Å². The first-order valence-corrected chi connectivity index (χ1v) is 9.12. The van der Waals surface area contributed by atoms with Crippen molar-refractivity contribution in [3.8, 4) is 11.4 Å². The third-order valence-corrected chi connectivity index (χ3v) is 4.57. The number of aromatic nitrogens is 3. The lowest BCUT2D eigenvalue weighted by Crippen LogP contribution is -2.11. The second-order valence-corrected chi connectivity index (χ2v) is 6.53. The first-order chi connectivity index (χ1) is 13.7. The van der Waals surface area contributed by atoms with E-state index in [0.29, 0.717) is 24.9 Å². The number of nitrogens with one attached hydrogen (secondary N) is 2. The number of amides is 1. The molecule has 0 unspecified atom stereocenters. The van der Waals surface area contributed by atoms with Crippen molar-refractivity contribution < 1.29 is 9.18 Å². The van der Waals surface area contributed by atoms with E-state index in [9.17, 15) is 9.18 Å². The van der Waals surface area contributed by atoms with Crippen molar-refractivity contribution in [1.82, 2.24) is 15.0 Å². The fourth-order valence-electron chi connectivity index (χ4n) is 3.29. The summed E-state index contributed by atoms with van der Waals surface area (Å²) in [5.41, 5.74) is 4.18. The van der Waals surface area contributed by atoms with Crippen LogP contribution in [0.5, 0.6) is 0 Å². The van der Waals surface area contributed by atoms with Crippen LogP contribution in [-0.4, -0.2) is 20.9 Å². The molecule has 1 amide bonds. The van der Waals surface area contributed by atoms with Crippen molar-refractivity contribution in [2.75, 3.05) is 5.32 Å². The number of H-pyrrole nitrogens is 1. The molecule has 5 nitrogen and oxygen atoms in total. The van der Waals surface area contributed by atoms with E-state index in [4.69, 9.17) is 0 Å². The van der Waals surface area contributed by atoms with Gasteiger partial charge in [-0.15, -0.1) is 0 Å². The maximum Gasteiger partial charge on any atom is 0.224 e. The number of halogens is 1. The fourth-order valence-corrected chi connectivity index (χ4v) is 3.29. The quantitative estimate of drug-likeness (QED) is 0.513. The number of benzene rings is 1. The Hall–Kier alpha value is -3.54. The zero-order chi connectivity index (χ0) is 19.3. The molecule has 0 saturated heterocycles. The first kappa shape index (κ1) is 17.9. The molecular formula is C22H19FN4O. The number of aromatic amines is 1. The minimum absolute atomic E-state index is 0.0709. The monoisotopic (exact) mass is 374 g/mol. The van der Waals surface area contributed by atoms with Crippen molar-refractivity contribution in [3.63, 3.8) is 0 Å². The van der Waals surface area contributed by atoms with Crippen LogP contribution in [-0.2, 0) is 11.2 Å². The molecule has 0 atom stereocenters. The van der Waals surface area contributed by atoms with Crippen LogP contribution in [0.4, 0.5) is 10.1 Å². The van der Waals surface area contributed by atoms with E-state index in [1.54, 1.807) is 36.8 Å². The van der Waals surface area contributed by atoms with Crippen LogP contribution in [0.25, 0.3) is 22.3 Å². The number of fused-ring (bicyclic) bond motifs is 1. The smallest absolute Gasteiger partial charge is 0.224 e. The Kier molecular flexibility index (Phi) is 5.10. The van der Waals surface area contributed by atoms with Gasteiger partial charge in [-0.1, -0.05) is 6.07 Å². The standard InChI is InChI=1S/C22H19FN4O/c23-15-9-10-19-18(13-15)17(22(27-19)20-7-1-2-12-25-20)6-3-8-21(28)26-16-5-4-11-24-14-16/h1-2,4-5,7,9-14,27H,3,6,8H2,(H,26,28). The molecule has 0 aliphatic rings. The average molecular weight is 374 g/mol. The number of rotatable bonds is 6.